The molecule has 1 amide bonds. The topological polar surface area (TPSA) is 32.3 Å². The summed E-state index contributed by atoms with van der Waals surface area (Å²) in [5.41, 5.74) is 4.82. The number of likely N-dealkylation sites (tertiary alicyclic amines) is 1. The highest BCUT2D eigenvalue weighted by Crippen LogP contribution is 2.24. The van der Waals surface area contributed by atoms with Gasteiger partial charge in [0.05, 0.1) is 6.04 Å². The van der Waals surface area contributed by atoms with Gasteiger partial charge in [-0.3, -0.25) is 9.69 Å². The Labute approximate surface area is 167 Å². The molecule has 1 N–H and O–H groups in total. The molecule has 1 heterocycles. The van der Waals surface area contributed by atoms with Crippen LogP contribution in [-0.2, 0) is 11.3 Å². The number of hydrogen-bond acceptors (Lipinski definition) is 2. The Morgan fingerprint density at radius 2 is 1.89 bits per heavy atom. The third-order valence-corrected chi connectivity index (χ3v) is 5.94. The minimum absolute atomic E-state index is 0.0403. The maximum Gasteiger partial charge on any atom is 0.223 e. The van der Waals surface area contributed by atoms with Crippen LogP contribution in [0.1, 0.15) is 48.1 Å². The van der Waals surface area contributed by atoms with Crippen molar-refractivity contribution in [2.45, 2.75) is 46.2 Å². The Morgan fingerprint density at radius 3 is 2.59 bits per heavy atom. The van der Waals surface area contributed by atoms with Crippen molar-refractivity contribution >= 4 is 17.5 Å². The van der Waals surface area contributed by atoms with Gasteiger partial charge in [-0.2, -0.15) is 0 Å². The van der Waals surface area contributed by atoms with Gasteiger partial charge >= 0.3 is 0 Å². The molecule has 1 aliphatic heterocycles. The van der Waals surface area contributed by atoms with Crippen molar-refractivity contribution in [1.82, 2.24) is 10.2 Å². The fourth-order valence-corrected chi connectivity index (χ4v) is 4.05. The summed E-state index contributed by atoms with van der Waals surface area (Å²) in [5.74, 6) is 0.279. The molecular formula is C23H29ClN2O. The van der Waals surface area contributed by atoms with Gasteiger partial charge in [0.15, 0.2) is 0 Å². The van der Waals surface area contributed by atoms with Crippen LogP contribution in [0.3, 0.4) is 0 Å². The average molecular weight is 385 g/mol. The van der Waals surface area contributed by atoms with Crippen molar-refractivity contribution in [3.8, 4) is 0 Å². The Bertz CT molecular complexity index is 797. The van der Waals surface area contributed by atoms with E-state index in [1.165, 1.54) is 16.7 Å². The van der Waals surface area contributed by atoms with E-state index < -0.39 is 0 Å². The summed E-state index contributed by atoms with van der Waals surface area (Å²) in [6, 6.07) is 14.4. The lowest BCUT2D eigenvalue weighted by molar-refractivity contribution is -0.127. The molecule has 144 valence electrons. The molecule has 27 heavy (non-hydrogen) atoms. The molecule has 0 aromatic heterocycles. The van der Waals surface area contributed by atoms with E-state index in [1.807, 2.05) is 18.2 Å². The molecule has 0 aliphatic carbocycles. The Morgan fingerprint density at radius 1 is 1.19 bits per heavy atom. The highest BCUT2D eigenvalue weighted by molar-refractivity contribution is 6.31. The summed E-state index contributed by atoms with van der Waals surface area (Å²) in [7, 11) is 0. The van der Waals surface area contributed by atoms with Gasteiger partial charge in [-0.25, -0.2) is 0 Å². The first-order valence-corrected chi connectivity index (χ1v) is 10.1. The van der Waals surface area contributed by atoms with Gasteiger partial charge in [0.25, 0.3) is 0 Å². The molecule has 1 aliphatic rings. The summed E-state index contributed by atoms with van der Waals surface area (Å²) in [5, 5.41) is 4.05. The average Bonchev–Trinajstić information content (AvgIpc) is 2.66. The van der Waals surface area contributed by atoms with Gasteiger partial charge in [0.2, 0.25) is 5.91 Å². The van der Waals surface area contributed by atoms with Gasteiger partial charge in [-0.15, -0.1) is 0 Å². The molecule has 4 heteroatoms. The van der Waals surface area contributed by atoms with Gasteiger partial charge in [0, 0.05) is 17.5 Å². The van der Waals surface area contributed by atoms with Gasteiger partial charge < -0.3 is 5.32 Å². The summed E-state index contributed by atoms with van der Waals surface area (Å²) in [6.07, 6.45) is 1.80. The number of nitrogens with one attached hydrogen (secondary N) is 1. The van der Waals surface area contributed by atoms with Crippen LogP contribution in [0.15, 0.2) is 42.5 Å². The first-order valence-electron chi connectivity index (χ1n) is 9.77. The second-order valence-electron chi connectivity index (χ2n) is 7.73. The molecule has 1 saturated heterocycles. The van der Waals surface area contributed by atoms with Crippen LogP contribution in [0.5, 0.6) is 0 Å². The van der Waals surface area contributed by atoms with E-state index in [9.17, 15) is 4.79 Å². The Hall–Kier alpha value is -1.84. The fourth-order valence-electron chi connectivity index (χ4n) is 3.86. The van der Waals surface area contributed by atoms with Crippen molar-refractivity contribution in [3.05, 3.63) is 69.7 Å². The minimum atomic E-state index is 0.0403. The van der Waals surface area contributed by atoms with Crippen LogP contribution in [0, 0.1) is 19.8 Å². The fraction of sp³-hybridized carbons (Fsp3) is 0.435. The quantitative estimate of drug-likeness (QED) is 0.782. The van der Waals surface area contributed by atoms with Crippen molar-refractivity contribution in [3.63, 3.8) is 0 Å². The number of amides is 1. The van der Waals surface area contributed by atoms with Gasteiger partial charge in [-0.05, 0) is 69.5 Å². The monoisotopic (exact) mass is 384 g/mol. The summed E-state index contributed by atoms with van der Waals surface area (Å²) >= 11 is 6.27. The van der Waals surface area contributed by atoms with Crippen molar-refractivity contribution in [1.29, 1.82) is 0 Å². The summed E-state index contributed by atoms with van der Waals surface area (Å²) in [6.45, 7) is 8.98. The van der Waals surface area contributed by atoms with E-state index in [2.05, 4.69) is 55.3 Å². The molecule has 0 saturated carbocycles. The second-order valence-corrected chi connectivity index (χ2v) is 8.14. The zero-order chi connectivity index (χ0) is 19.4. The lowest BCUT2D eigenvalue weighted by atomic mass is 9.94. The SMILES string of the molecule is Cc1ccc(C)c([C@@H](C)NC(=O)C2CCN(Cc3ccccc3Cl)CC2)c1. The molecule has 0 unspecified atom stereocenters. The number of piperidine rings is 1. The van der Waals surface area contributed by atoms with Crippen LogP contribution < -0.4 is 5.32 Å². The number of carbonyl (C=O) groups is 1. The number of halogens is 1. The van der Waals surface area contributed by atoms with E-state index in [0.29, 0.717) is 0 Å². The van der Waals surface area contributed by atoms with E-state index in [4.69, 9.17) is 11.6 Å². The van der Waals surface area contributed by atoms with E-state index in [-0.39, 0.29) is 17.9 Å². The zero-order valence-electron chi connectivity index (χ0n) is 16.5. The number of aryl methyl sites for hydroxylation is 2. The molecule has 1 atom stereocenters. The first kappa shape index (κ1) is 19.9. The first-order chi connectivity index (χ1) is 12.9. The molecule has 1 fully saturated rings. The minimum Gasteiger partial charge on any atom is -0.349 e. The summed E-state index contributed by atoms with van der Waals surface area (Å²) in [4.78, 5) is 15.1. The highest BCUT2D eigenvalue weighted by Gasteiger charge is 2.26. The highest BCUT2D eigenvalue weighted by atomic mass is 35.5. The van der Waals surface area contributed by atoms with Crippen LogP contribution >= 0.6 is 11.6 Å². The van der Waals surface area contributed by atoms with Crippen molar-refractivity contribution in [2.24, 2.45) is 5.92 Å². The molecule has 3 nitrogen and oxygen atoms in total. The third-order valence-electron chi connectivity index (χ3n) is 5.57. The number of rotatable bonds is 5. The standard InChI is InChI=1S/C23H29ClN2O/c1-16-8-9-17(2)21(14-16)18(3)25-23(27)19-10-12-26(13-11-19)15-20-6-4-5-7-22(20)24/h4-9,14,18-19H,10-13,15H2,1-3H3,(H,25,27)/t18-/m1/s1. The van der Waals surface area contributed by atoms with Crippen LogP contribution in [0.25, 0.3) is 0 Å². The predicted octanol–water partition coefficient (Wildman–Crippen LogP) is 5.05. The Balaban J connectivity index is 1.52. The number of nitrogens with zero attached hydrogens (tertiary/aromatic N) is 1. The molecule has 0 radical (unpaired) electrons. The van der Waals surface area contributed by atoms with E-state index >= 15 is 0 Å². The molecule has 0 bridgehead atoms. The van der Waals surface area contributed by atoms with E-state index in [1.54, 1.807) is 0 Å². The Kier molecular flexibility index (Phi) is 6.56. The molecule has 3 rings (SSSR count). The van der Waals surface area contributed by atoms with Crippen molar-refractivity contribution < 1.29 is 4.79 Å². The van der Waals surface area contributed by atoms with Gasteiger partial charge in [-0.1, -0.05) is 53.6 Å². The number of hydrogen-bond donors (Lipinski definition) is 1. The molecule has 0 spiro atoms. The van der Waals surface area contributed by atoms with Crippen LogP contribution in [0.4, 0.5) is 0 Å². The summed E-state index contributed by atoms with van der Waals surface area (Å²) < 4.78 is 0. The van der Waals surface area contributed by atoms with Crippen LogP contribution in [0.2, 0.25) is 5.02 Å². The van der Waals surface area contributed by atoms with Gasteiger partial charge in [0.1, 0.15) is 0 Å². The van der Waals surface area contributed by atoms with Crippen LogP contribution in [-0.4, -0.2) is 23.9 Å². The maximum atomic E-state index is 12.7. The number of benzene rings is 2. The zero-order valence-corrected chi connectivity index (χ0v) is 17.2. The smallest absolute Gasteiger partial charge is 0.223 e. The second kappa shape index (κ2) is 8.90. The lowest BCUT2D eigenvalue weighted by Gasteiger charge is -2.32. The molecule has 2 aromatic rings. The maximum absolute atomic E-state index is 12.7. The number of carbonyl (C=O) groups excluding carboxylic acids is 1. The third kappa shape index (κ3) is 5.12. The largest absolute Gasteiger partial charge is 0.349 e. The normalized spacial score (nSPS) is 16.9. The molecule has 2 aromatic carbocycles. The molecular weight excluding hydrogens is 356 g/mol. The van der Waals surface area contributed by atoms with Crippen molar-refractivity contribution in [2.75, 3.05) is 13.1 Å². The predicted molar refractivity (Wildman–Crippen MR) is 112 cm³/mol. The lowest BCUT2D eigenvalue weighted by Crippen LogP contribution is -2.41. The van der Waals surface area contributed by atoms with E-state index in [0.717, 1.165) is 43.1 Å².